The first-order valence-electron chi connectivity index (χ1n) is 11.4. The van der Waals surface area contributed by atoms with Crippen LogP contribution in [0.2, 0.25) is 0 Å². The zero-order valence-electron chi connectivity index (χ0n) is 19.8. The van der Waals surface area contributed by atoms with Crippen LogP contribution in [0, 0.1) is 0 Å². The van der Waals surface area contributed by atoms with Gasteiger partial charge in [0, 0.05) is 45.4 Å². The number of fused-ring (bicyclic) bond motifs is 2. The normalized spacial score (nSPS) is 11.5. The SMILES string of the molecule is CCC=Cc1cnc(N)c2c(-c3ccc(NC(=O)c4cc5ccccc5n4C)c(OC)c3)csc12. The van der Waals surface area contributed by atoms with Gasteiger partial charge in [-0.25, -0.2) is 4.98 Å². The highest BCUT2D eigenvalue weighted by molar-refractivity contribution is 7.18. The summed E-state index contributed by atoms with van der Waals surface area (Å²) in [6, 6.07) is 15.6. The molecule has 0 saturated carbocycles. The number of allylic oxidation sites excluding steroid dienone is 1. The number of carbonyl (C=O) groups excluding carboxylic acids is 1. The van der Waals surface area contributed by atoms with Crippen molar-refractivity contribution in [3.05, 3.63) is 77.4 Å². The third-order valence-electron chi connectivity index (χ3n) is 6.13. The van der Waals surface area contributed by atoms with Crippen LogP contribution in [0.15, 0.2) is 66.2 Å². The molecule has 0 radical (unpaired) electrons. The van der Waals surface area contributed by atoms with E-state index < -0.39 is 0 Å². The number of nitrogens with zero attached hydrogens (tertiary/aromatic N) is 2. The predicted octanol–water partition coefficient (Wildman–Crippen LogP) is 6.72. The number of aryl methyl sites for hydroxylation is 1. The van der Waals surface area contributed by atoms with Gasteiger partial charge in [0.1, 0.15) is 17.3 Å². The molecule has 0 unspecified atom stereocenters. The Hall–Kier alpha value is -4.10. The predicted molar refractivity (Wildman–Crippen MR) is 146 cm³/mol. The van der Waals surface area contributed by atoms with E-state index >= 15 is 0 Å². The van der Waals surface area contributed by atoms with E-state index in [0.717, 1.165) is 44.1 Å². The fraction of sp³-hybridized carbons (Fsp3) is 0.143. The van der Waals surface area contributed by atoms with Crippen LogP contribution >= 0.6 is 11.3 Å². The van der Waals surface area contributed by atoms with E-state index in [-0.39, 0.29) is 5.91 Å². The van der Waals surface area contributed by atoms with E-state index in [4.69, 9.17) is 10.5 Å². The van der Waals surface area contributed by atoms with Gasteiger partial charge in [-0.15, -0.1) is 11.3 Å². The smallest absolute Gasteiger partial charge is 0.272 e. The molecule has 7 heteroatoms. The van der Waals surface area contributed by atoms with Gasteiger partial charge in [-0.1, -0.05) is 43.3 Å². The second-order valence-electron chi connectivity index (χ2n) is 8.28. The number of ether oxygens (including phenoxy) is 1. The van der Waals surface area contributed by atoms with Gasteiger partial charge in [-0.05, 0) is 41.6 Å². The highest BCUT2D eigenvalue weighted by Crippen LogP contribution is 2.41. The highest BCUT2D eigenvalue weighted by Gasteiger charge is 2.18. The number of carbonyl (C=O) groups is 1. The molecule has 5 rings (SSSR count). The number of nitrogen functional groups attached to an aromatic ring is 1. The van der Waals surface area contributed by atoms with E-state index in [1.807, 2.05) is 66.3 Å². The second-order valence-corrected chi connectivity index (χ2v) is 9.16. The summed E-state index contributed by atoms with van der Waals surface area (Å²) in [5, 5.41) is 7.05. The molecule has 0 spiro atoms. The van der Waals surface area contributed by atoms with E-state index in [0.29, 0.717) is 22.9 Å². The van der Waals surface area contributed by atoms with Gasteiger partial charge in [0.15, 0.2) is 0 Å². The largest absolute Gasteiger partial charge is 0.495 e. The monoisotopic (exact) mass is 482 g/mol. The quantitative estimate of drug-likeness (QED) is 0.281. The molecule has 6 nitrogen and oxygen atoms in total. The lowest BCUT2D eigenvalue weighted by atomic mass is 10.0. The third kappa shape index (κ3) is 4.04. The number of hydrogen-bond donors (Lipinski definition) is 2. The average Bonchev–Trinajstić information content (AvgIpc) is 3.47. The van der Waals surface area contributed by atoms with Gasteiger partial charge in [0.2, 0.25) is 0 Å². The first kappa shape index (κ1) is 22.7. The van der Waals surface area contributed by atoms with Crippen molar-refractivity contribution in [1.29, 1.82) is 0 Å². The molecule has 0 aliphatic carbocycles. The number of para-hydroxylation sites is 1. The number of aromatic nitrogens is 2. The molecule has 0 aliphatic heterocycles. The zero-order valence-corrected chi connectivity index (χ0v) is 20.6. The maximum absolute atomic E-state index is 13.1. The number of amides is 1. The van der Waals surface area contributed by atoms with Gasteiger partial charge in [-0.3, -0.25) is 4.79 Å². The molecule has 1 amide bonds. The van der Waals surface area contributed by atoms with Crippen LogP contribution in [0.25, 0.3) is 38.2 Å². The van der Waals surface area contributed by atoms with Crippen LogP contribution in [0.3, 0.4) is 0 Å². The Balaban J connectivity index is 1.50. The molecule has 3 aromatic heterocycles. The molecule has 2 aromatic carbocycles. The minimum atomic E-state index is -0.198. The van der Waals surface area contributed by atoms with Crippen molar-refractivity contribution in [3.63, 3.8) is 0 Å². The van der Waals surface area contributed by atoms with Crippen molar-refractivity contribution >= 4 is 55.8 Å². The van der Waals surface area contributed by atoms with Crippen LogP contribution in [0.5, 0.6) is 5.75 Å². The number of anilines is 2. The molecule has 3 heterocycles. The maximum Gasteiger partial charge on any atom is 0.272 e. The molecule has 0 aliphatic rings. The van der Waals surface area contributed by atoms with Crippen LogP contribution in [0.1, 0.15) is 29.4 Å². The Morgan fingerprint density at radius 1 is 1.23 bits per heavy atom. The number of hydrogen-bond acceptors (Lipinski definition) is 5. The van der Waals surface area contributed by atoms with Crippen LogP contribution in [-0.4, -0.2) is 22.6 Å². The summed E-state index contributed by atoms with van der Waals surface area (Å²) in [5.74, 6) is 0.871. The van der Waals surface area contributed by atoms with Crippen molar-refractivity contribution in [2.75, 3.05) is 18.2 Å². The Morgan fingerprint density at radius 2 is 2.06 bits per heavy atom. The fourth-order valence-corrected chi connectivity index (χ4v) is 5.40. The van der Waals surface area contributed by atoms with Gasteiger partial charge in [0.05, 0.1) is 12.8 Å². The van der Waals surface area contributed by atoms with Crippen molar-refractivity contribution in [1.82, 2.24) is 9.55 Å². The molecule has 5 aromatic rings. The second kappa shape index (κ2) is 9.27. The summed E-state index contributed by atoms with van der Waals surface area (Å²) in [5.41, 5.74) is 11.5. The topological polar surface area (TPSA) is 82.2 Å². The lowest BCUT2D eigenvalue weighted by Crippen LogP contribution is -2.16. The van der Waals surface area contributed by atoms with Crippen LogP contribution in [-0.2, 0) is 7.05 Å². The maximum atomic E-state index is 13.1. The Kier molecular flexibility index (Phi) is 6.01. The number of nitrogens with one attached hydrogen (secondary N) is 1. The lowest BCUT2D eigenvalue weighted by molar-refractivity contribution is 0.101. The number of methoxy groups -OCH3 is 1. The van der Waals surface area contributed by atoms with Crippen molar-refractivity contribution < 1.29 is 9.53 Å². The zero-order chi connectivity index (χ0) is 24.5. The summed E-state index contributed by atoms with van der Waals surface area (Å²) < 4.78 is 8.65. The van der Waals surface area contributed by atoms with E-state index in [1.165, 1.54) is 0 Å². The average molecular weight is 483 g/mol. The summed E-state index contributed by atoms with van der Waals surface area (Å²) >= 11 is 1.64. The lowest BCUT2D eigenvalue weighted by Gasteiger charge is -2.13. The molecule has 3 N–H and O–H groups in total. The summed E-state index contributed by atoms with van der Waals surface area (Å²) in [6.45, 7) is 2.10. The number of thiophene rings is 1. The summed E-state index contributed by atoms with van der Waals surface area (Å²) in [6.07, 6.45) is 6.97. The number of rotatable bonds is 6. The first-order chi connectivity index (χ1) is 17.0. The van der Waals surface area contributed by atoms with Crippen molar-refractivity contribution in [2.45, 2.75) is 13.3 Å². The van der Waals surface area contributed by atoms with Gasteiger partial charge >= 0.3 is 0 Å². The Bertz CT molecular complexity index is 1600. The molecule has 0 saturated heterocycles. The van der Waals surface area contributed by atoms with Gasteiger partial charge in [-0.2, -0.15) is 0 Å². The number of benzene rings is 2. The van der Waals surface area contributed by atoms with Crippen molar-refractivity contribution in [2.24, 2.45) is 7.05 Å². The van der Waals surface area contributed by atoms with Crippen molar-refractivity contribution in [3.8, 4) is 16.9 Å². The van der Waals surface area contributed by atoms with E-state index in [2.05, 4.69) is 34.8 Å². The minimum absolute atomic E-state index is 0.198. The highest BCUT2D eigenvalue weighted by atomic mass is 32.1. The van der Waals surface area contributed by atoms with Gasteiger partial charge in [0.25, 0.3) is 5.91 Å². The molecule has 176 valence electrons. The first-order valence-corrected chi connectivity index (χ1v) is 12.3. The summed E-state index contributed by atoms with van der Waals surface area (Å²) in [7, 11) is 3.49. The summed E-state index contributed by atoms with van der Waals surface area (Å²) in [4.78, 5) is 17.5. The van der Waals surface area contributed by atoms with E-state index in [9.17, 15) is 4.79 Å². The number of nitrogens with two attached hydrogens (primary N) is 1. The molecule has 0 atom stereocenters. The number of pyridine rings is 1. The molecule has 35 heavy (non-hydrogen) atoms. The third-order valence-corrected chi connectivity index (χ3v) is 7.16. The molecule has 0 bridgehead atoms. The molecular formula is C28H26N4O2S. The van der Waals surface area contributed by atoms with Crippen LogP contribution < -0.4 is 15.8 Å². The minimum Gasteiger partial charge on any atom is -0.495 e. The fourth-order valence-electron chi connectivity index (χ4n) is 4.32. The molecule has 0 fully saturated rings. The Morgan fingerprint density at radius 3 is 2.83 bits per heavy atom. The van der Waals surface area contributed by atoms with E-state index in [1.54, 1.807) is 18.4 Å². The Labute approximate surface area is 207 Å². The van der Waals surface area contributed by atoms with Gasteiger partial charge < -0.3 is 20.4 Å². The van der Waals surface area contributed by atoms with Crippen LogP contribution in [0.4, 0.5) is 11.5 Å². The molecular weight excluding hydrogens is 456 g/mol. The standard InChI is InChI=1S/C28H26N4O2S/c1-4-5-8-19-15-30-27(29)25-20(16-35-26(19)25)17-11-12-21(24(14-17)34-3)31-28(33)23-13-18-9-6-7-10-22(18)32(23)2/h5-16H,4H2,1-3H3,(H2,29,30)(H,31,33).